The van der Waals surface area contributed by atoms with Gasteiger partial charge in [-0.05, 0) is 29.1 Å². The molecular weight excluding hydrogens is 295 g/mol. The number of rotatable bonds is 3. The Morgan fingerprint density at radius 3 is 2.70 bits per heavy atom. The molecule has 1 saturated heterocycles. The van der Waals surface area contributed by atoms with Crippen LogP contribution in [0.15, 0.2) is 35.7 Å². The van der Waals surface area contributed by atoms with Crippen LogP contribution in [0.2, 0.25) is 5.02 Å². The van der Waals surface area contributed by atoms with Gasteiger partial charge in [0.05, 0.1) is 11.1 Å². The summed E-state index contributed by atoms with van der Waals surface area (Å²) in [5, 5.41) is 5.60. The van der Waals surface area contributed by atoms with Gasteiger partial charge < -0.3 is 5.32 Å². The van der Waals surface area contributed by atoms with Crippen LogP contribution in [0.1, 0.15) is 16.5 Å². The van der Waals surface area contributed by atoms with E-state index >= 15 is 0 Å². The highest BCUT2D eigenvalue weighted by Gasteiger charge is 2.25. The van der Waals surface area contributed by atoms with E-state index in [1.807, 2.05) is 12.1 Å². The Labute approximate surface area is 127 Å². The molecule has 2 heterocycles. The first-order chi connectivity index (χ1) is 9.75. The number of piperazine rings is 1. The topological polar surface area (TPSA) is 15.3 Å². The van der Waals surface area contributed by atoms with Gasteiger partial charge in [0.25, 0.3) is 0 Å². The molecule has 5 heteroatoms. The second-order valence-electron chi connectivity index (χ2n) is 4.88. The molecule has 3 rings (SSSR count). The molecule has 0 amide bonds. The third-order valence-electron chi connectivity index (χ3n) is 3.59. The van der Waals surface area contributed by atoms with Gasteiger partial charge in [-0.3, -0.25) is 4.90 Å². The van der Waals surface area contributed by atoms with E-state index in [4.69, 9.17) is 11.6 Å². The number of hydrogen-bond donors (Lipinski definition) is 1. The second-order valence-corrected chi connectivity index (χ2v) is 6.26. The first-order valence-electron chi connectivity index (χ1n) is 6.69. The molecule has 0 spiro atoms. The van der Waals surface area contributed by atoms with Gasteiger partial charge in [0.15, 0.2) is 0 Å². The summed E-state index contributed by atoms with van der Waals surface area (Å²) in [5.74, 6) is -0.346. The lowest BCUT2D eigenvalue weighted by atomic mass is 10.0. The Morgan fingerprint density at radius 1 is 1.25 bits per heavy atom. The molecule has 0 radical (unpaired) electrons. The molecule has 1 fully saturated rings. The maximum Gasteiger partial charge on any atom is 0.142 e. The minimum Gasteiger partial charge on any atom is -0.314 e. The van der Waals surface area contributed by atoms with Crippen molar-refractivity contribution >= 4 is 22.9 Å². The second kappa shape index (κ2) is 6.22. The number of nitrogens with zero attached hydrogens (tertiary/aromatic N) is 1. The number of nitrogens with one attached hydrogen (secondary N) is 1. The Hall–Kier alpha value is -0.940. The van der Waals surface area contributed by atoms with Gasteiger partial charge in [0.1, 0.15) is 5.82 Å². The lowest BCUT2D eigenvalue weighted by molar-refractivity contribution is 0.200. The number of benzene rings is 1. The quantitative estimate of drug-likeness (QED) is 0.933. The van der Waals surface area contributed by atoms with Crippen LogP contribution in [-0.4, -0.2) is 31.1 Å². The molecule has 1 aliphatic rings. The summed E-state index contributed by atoms with van der Waals surface area (Å²) in [6.45, 7) is 3.87. The molecule has 106 valence electrons. The summed E-state index contributed by atoms with van der Waals surface area (Å²) >= 11 is 7.51. The van der Waals surface area contributed by atoms with Crippen LogP contribution >= 0.6 is 22.9 Å². The van der Waals surface area contributed by atoms with E-state index < -0.39 is 0 Å². The van der Waals surface area contributed by atoms with Crippen LogP contribution in [0.25, 0.3) is 0 Å². The van der Waals surface area contributed by atoms with E-state index in [-0.39, 0.29) is 16.9 Å². The maximum atomic E-state index is 13.8. The fraction of sp³-hybridized carbons (Fsp3) is 0.333. The van der Waals surface area contributed by atoms with Gasteiger partial charge in [-0.25, -0.2) is 4.39 Å². The monoisotopic (exact) mass is 310 g/mol. The van der Waals surface area contributed by atoms with Crippen molar-refractivity contribution in [3.05, 3.63) is 57.0 Å². The van der Waals surface area contributed by atoms with E-state index in [1.165, 1.54) is 4.88 Å². The van der Waals surface area contributed by atoms with Crippen LogP contribution < -0.4 is 5.32 Å². The molecule has 0 unspecified atom stereocenters. The normalized spacial score (nSPS) is 18.1. The molecule has 0 saturated carbocycles. The fourth-order valence-corrected chi connectivity index (χ4v) is 3.63. The molecule has 20 heavy (non-hydrogen) atoms. The molecular formula is C15H16ClFN2S. The molecule has 0 aliphatic carbocycles. The zero-order valence-corrected chi connectivity index (χ0v) is 12.6. The van der Waals surface area contributed by atoms with Crippen LogP contribution in [0, 0.1) is 5.82 Å². The number of hydrogen-bond acceptors (Lipinski definition) is 3. The van der Waals surface area contributed by atoms with Crippen molar-refractivity contribution in [3.8, 4) is 0 Å². The lowest BCUT2D eigenvalue weighted by Gasteiger charge is -2.34. The number of halogens is 2. The van der Waals surface area contributed by atoms with Crippen molar-refractivity contribution in [2.75, 3.05) is 26.2 Å². The van der Waals surface area contributed by atoms with Crippen molar-refractivity contribution in [1.29, 1.82) is 0 Å². The molecule has 1 aromatic heterocycles. The van der Waals surface area contributed by atoms with Crippen molar-refractivity contribution in [2.45, 2.75) is 6.04 Å². The smallest absolute Gasteiger partial charge is 0.142 e. The fourth-order valence-electron chi connectivity index (χ4n) is 2.62. The van der Waals surface area contributed by atoms with Crippen molar-refractivity contribution in [3.63, 3.8) is 0 Å². The molecule has 2 nitrogen and oxygen atoms in total. The highest BCUT2D eigenvalue weighted by atomic mass is 35.5. The van der Waals surface area contributed by atoms with E-state index in [0.717, 1.165) is 31.7 Å². The van der Waals surface area contributed by atoms with Gasteiger partial charge in [-0.2, -0.15) is 0 Å². The largest absolute Gasteiger partial charge is 0.314 e. The van der Waals surface area contributed by atoms with E-state index in [9.17, 15) is 4.39 Å². The first-order valence-corrected chi connectivity index (χ1v) is 7.94. The molecule has 2 aromatic rings. The Bertz CT molecular complexity index is 567. The third-order valence-corrected chi connectivity index (χ3v) is 4.82. The van der Waals surface area contributed by atoms with Crippen LogP contribution in [0.5, 0.6) is 0 Å². The minimum absolute atomic E-state index is 0.115. The van der Waals surface area contributed by atoms with Gasteiger partial charge in [0.2, 0.25) is 0 Å². The van der Waals surface area contributed by atoms with Crippen molar-refractivity contribution in [2.24, 2.45) is 0 Å². The number of thiophene rings is 1. The summed E-state index contributed by atoms with van der Waals surface area (Å²) in [6, 6.07) is 9.41. The summed E-state index contributed by atoms with van der Waals surface area (Å²) in [5.41, 5.74) is 0.969. The average molecular weight is 311 g/mol. The zero-order valence-electron chi connectivity index (χ0n) is 11.0. The van der Waals surface area contributed by atoms with E-state index in [1.54, 1.807) is 23.5 Å². The third kappa shape index (κ3) is 2.88. The highest BCUT2D eigenvalue weighted by molar-refractivity contribution is 7.10. The predicted octanol–water partition coefficient (Wildman–Crippen LogP) is 3.54. The van der Waals surface area contributed by atoms with Crippen LogP contribution in [0.3, 0.4) is 0 Å². The summed E-state index contributed by atoms with van der Waals surface area (Å²) in [7, 11) is 0. The van der Waals surface area contributed by atoms with Gasteiger partial charge in [-0.1, -0.05) is 23.7 Å². The van der Waals surface area contributed by atoms with Crippen molar-refractivity contribution < 1.29 is 4.39 Å². The van der Waals surface area contributed by atoms with Crippen LogP contribution in [0.4, 0.5) is 4.39 Å². The molecule has 0 bridgehead atoms. The first kappa shape index (κ1) is 14.0. The van der Waals surface area contributed by atoms with Gasteiger partial charge in [-0.15, -0.1) is 11.3 Å². The Kier molecular flexibility index (Phi) is 4.36. The Morgan fingerprint density at radius 2 is 2.05 bits per heavy atom. The Balaban J connectivity index is 1.98. The van der Waals surface area contributed by atoms with Gasteiger partial charge in [0, 0.05) is 31.1 Å². The summed E-state index contributed by atoms with van der Waals surface area (Å²) in [6.07, 6.45) is 0. The molecule has 1 N–H and O–H groups in total. The maximum absolute atomic E-state index is 13.8. The summed E-state index contributed by atoms with van der Waals surface area (Å²) < 4.78 is 13.8. The zero-order chi connectivity index (χ0) is 13.9. The highest BCUT2D eigenvalue weighted by Crippen LogP contribution is 2.33. The van der Waals surface area contributed by atoms with Gasteiger partial charge >= 0.3 is 0 Å². The average Bonchev–Trinajstić information content (AvgIpc) is 2.98. The van der Waals surface area contributed by atoms with Crippen LogP contribution in [-0.2, 0) is 0 Å². The molecule has 1 aromatic carbocycles. The standard InChI is InChI=1S/C15H16ClFN2S/c16-12-4-3-11(10-13(12)17)15(14-2-1-9-20-14)19-7-5-18-6-8-19/h1-4,9-10,15,18H,5-8H2/t15-/m1/s1. The van der Waals surface area contributed by atoms with E-state index in [2.05, 4.69) is 21.7 Å². The summed E-state index contributed by atoms with van der Waals surface area (Å²) in [4.78, 5) is 3.64. The van der Waals surface area contributed by atoms with Crippen molar-refractivity contribution in [1.82, 2.24) is 10.2 Å². The molecule has 1 atom stereocenters. The predicted molar refractivity (Wildman–Crippen MR) is 82.0 cm³/mol. The SMILES string of the molecule is Fc1cc([C@H](c2cccs2)N2CCNCC2)ccc1Cl. The minimum atomic E-state index is -0.346. The van der Waals surface area contributed by atoms with E-state index in [0.29, 0.717) is 0 Å². The lowest BCUT2D eigenvalue weighted by Crippen LogP contribution is -2.45. The molecule has 1 aliphatic heterocycles.